The molecule has 6 aromatic carbocycles. The molecule has 2 heteroatoms. The van der Waals surface area contributed by atoms with E-state index in [-0.39, 0.29) is 6.04 Å². The molecular weight excluding hydrogens is 593 g/mol. The Balaban J connectivity index is 1.07. The smallest absolute Gasteiger partial charge is 0.134 e. The molecule has 4 aliphatic rings. The van der Waals surface area contributed by atoms with Gasteiger partial charge in [-0.15, -0.1) is 0 Å². The van der Waals surface area contributed by atoms with Crippen LogP contribution in [0, 0.1) is 0 Å². The van der Waals surface area contributed by atoms with Crippen molar-refractivity contribution in [3.63, 3.8) is 0 Å². The first-order valence-corrected chi connectivity index (χ1v) is 17.3. The van der Waals surface area contributed by atoms with E-state index >= 15 is 0 Å². The van der Waals surface area contributed by atoms with Crippen molar-refractivity contribution in [3.05, 3.63) is 198 Å². The van der Waals surface area contributed by atoms with E-state index in [9.17, 15) is 0 Å². The van der Waals surface area contributed by atoms with Crippen molar-refractivity contribution in [2.24, 2.45) is 4.99 Å². The third-order valence-electron chi connectivity index (χ3n) is 10.7. The van der Waals surface area contributed by atoms with Crippen LogP contribution in [0.4, 0.5) is 0 Å². The number of amidine groups is 1. The van der Waals surface area contributed by atoms with Crippen LogP contribution in [0.5, 0.6) is 0 Å². The lowest BCUT2D eigenvalue weighted by Crippen LogP contribution is -2.38. The fourth-order valence-corrected chi connectivity index (χ4v) is 8.19. The van der Waals surface area contributed by atoms with Gasteiger partial charge >= 0.3 is 0 Å². The monoisotopic (exact) mass is 626 g/mol. The molecule has 0 bridgehead atoms. The minimum Gasteiger partial charge on any atom is -0.359 e. The molecule has 10 rings (SSSR count). The van der Waals surface area contributed by atoms with E-state index in [4.69, 9.17) is 4.99 Å². The summed E-state index contributed by atoms with van der Waals surface area (Å²) < 4.78 is 0. The van der Waals surface area contributed by atoms with Crippen LogP contribution in [-0.4, -0.2) is 11.9 Å². The van der Waals surface area contributed by atoms with E-state index < -0.39 is 0 Å². The van der Waals surface area contributed by atoms with E-state index in [1.165, 1.54) is 67.6 Å². The molecule has 3 aliphatic carbocycles. The van der Waals surface area contributed by atoms with E-state index in [0.29, 0.717) is 11.8 Å². The van der Waals surface area contributed by atoms with E-state index in [1.54, 1.807) is 0 Å². The summed E-state index contributed by atoms with van der Waals surface area (Å²) in [6.07, 6.45) is 9.79. The van der Waals surface area contributed by atoms with Gasteiger partial charge in [-0.05, 0) is 73.9 Å². The average molecular weight is 627 g/mol. The number of fused-ring (bicyclic) bond motifs is 11. The SMILES string of the molecule is C1=CC2=C(c3ccc(-c4ccc5c(c4)C4CC4c4ccccc4-c4ccccc4-c4ccccc4-5)cc3)N=C(c3ccccc3)NC2C=C1. The van der Waals surface area contributed by atoms with Crippen LogP contribution in [0.25, 0.3) is 50.2 Å². The number of aliphatic imine (C=N–C) groups is 1. The van der Waals surface area contributed by atoms with Crippen LogP contribution in [-0.2, 0) is 0 Å². The summed E-state index contributed by atoms with van der Waals surface area (Å²) in [4.78, 5) is 5.17. The maximum absolute atomic E-state index is 5.17. The molecule has 0 radical (unpaired) electrons. The fraction of sp³-hybridized carbons (Fsp3) is 0.0851. The third kappa shape index (κ3) is 4.75. The standard InChI is InChI=1S/C47H34N2/c1-2-12-32(13-3-1)47-48-45-21-11-10-20-41(45)46(49-47)31-24-22-30(23-25-31)33-26-27-40-38-18-7-6-16-36(38)34-14-4-5-15-35(34)37-17-8-9-19-39(37)43-29-44(43)42(40)28-33/h1-28,43-45H,29H2,(H,48,49). The van der Waals surface area contributed by atoms with Gasteiger partial charge in [-0.3, -0.25) is 0 Å². The number of nitrogens with zero attached hydrogens (tertiary/aromatic N) is 1. The Kier molecular flexibility index (Phi) is 6.48. The Morgan fingerprint density at radius 2 is 1.04 bits per heavy atom. The zero-order chi connectivity index (χ0) is 32.3. The maximum atomic E-state index is 5.17. The lowest BCUT2D eigenvalue weighted by molar-refractivity contribution is 0.830. The molecule has 0 aromatic heterocycles. The van der Waals surface area contributed by atoms with Crippen LogP contribution in [0.3, 0.4) is 0 Å². The van der Waals surface area contributed by atoms with Gasteiger partial charge in [0, 0.05) is 16.7 Å². The Labute approximate surface area is 287 Å². The van der Waals surface area contributed by atoms with Gasteiger partial charge in [0.05, 0.1) is 11.7 Å². The van der Waals surface area contributed by atoms with Crippen molar-refractivity contribution in [3.8, 4) is 44.5 Å². The van der Waals surface area contributed by atoms with Crippen LogP contribution in [0.15, 0.2) is 180 Å². The molecule has 0 saturated heterocycles. The highest BCUT2D eigenvalue weighted by molar-refractivity contribution is 6.04. The molecule has 6 aromatic rings. The molecule has 2 nitrogen and oxygen atoms in total. The quantitative estimate of drug-likeness (QED) is 0.208. The average Bonchev–Trinajstić information content (AvgIpc) is 3.99. The topological polar surface area (TPSA) is 24.4 Å². The van der Waals surface area contributed by atoms with Crippen molar-refractivity contribution in [2.75, 3.05) is 0 Å². The number of hydrogen-bond donors (Lipinski definition) is 1. The second-order valence-corrected chi connectivity index (χ2v) is 13.5. The van der Waals surface area contributed by atoms with Crippen molar-refractivity contribution in [2.45, 2.75) is 24.3 Å². The van der Waals surface area contributed by atoms with Gasteiger partial charge in [0.1, 0.15) is 5.84 Å². The van der Waals surface area contributed by atoms with Gasteiger partial charge in [0.15, 0.2) is 0 Å². The molecule has 1 fully saturated rings. The van der Waals surface area contributed by atoms with Gasteiger partial charge in [0.25, 0.3) is 0 Å². The maximum Gasteiger partial charge on any atom is 0.134 e. The zero-order valence-electron chi connectivity index (χ0n) is 27.1. The molecule has 1 aliphatic heterocycles. The number of benzene rings is 6. The Morgan fingerprint density at radius 3 is 1.78 bits per heavy atom. The third-order valence-corrected chi connectivity index (χ3v) is 10.7. The summed E-state index contributed by atoms with van der Waals surface area (Å²) in [6.45, 7) is 0. The Bertz CT molecular complexity index is 2390. The first-order valence-electron chi connectivity index (χ1n) is 17.3. The minimum atomic E-state index is 0.0980. The number of hydrogen-bond acceptors (Lipinski definition) is 2. The van der Waals surface area contributed by atoms with Crippen LogP contribution < -0.4 is 5.32 Å². The summed E-state index contributed by atoms with van der Waals surface area (Å²) in [5.41, 5.74) is 17.8. The van der Waals surface area contributed by atoms with Crippen molar-refractivity contribution >= 4 is 11.5 Å². The van der Waals surface area contributed by atoms with Crippen LogP contribution in [0.2, 0.25) is 0 Å². The summed E-state index contributed by atoms with van der Waals surface area (Å²) in [5.74, 6) is 1.91. The van der Waals surface area contributed by atoms with Gasteiger partial charge in [0.2, 0.25) is 0 Å². The Morgan fingerprint density at radius 1 is 0.469 bits per heavy atom. The molecule has 1 saturated carbocycles. The molecule has 1 heterocycles. The number of rotatable bonds is 3. The highest BCUT2D eigenvalue weighted by Crippen LogP contribution is 2.60. The lowest BCUT2D eigenvalue weighted by atomic mass is 9.83. The van der Waals surface area contributed by atoms with Crippen LogP contribution >= 0.6 is 0 Å². The molecule has 3 unspecified atom stereocenters. The minimum absolute atomic E-state index is 0.0980. The summed E-state index contributed by atoms with van der Waals surface area (Å²) >= 11 is 0. The predicted octanol–water partition coefficient (Wildman–Crippen LogP) is 11.2. The molecule has 1 N–H and O–H groups in total. The second kappa shape index (κ2) is 11.3. The first-order chi connectivity index (χ1) is 24.3. The first kappa shape index (κ1) is 28.1. The largest absolute Gasteiger partial charge is 0.359 e. The normalized spacial score (nSPS) is 19.6. The van der Waals surface area contributed by atoms with Crippen molar-refractivity contribution in [1.29, 1.82) is 0 Å². The lowest BCUT2D eigenvalue weighted by Gasteiger charge is -2.28. The van der Waals surface area contributed by atoms with Gasteiger partial charge in [-0.2, -0.15) is 0 Å². The molecule has 49 heavy (non-hydrogen) atoms. The van der Waals surface area contributed by atoms with E-state index in [2.05, 4.69) is 169 Å². The zero-order valence-corrected chi connectivity index (χ0v) is 27.1. The molecule has 232 valence electrons. The molecular formula is C47H34N2. The number of nitrogens with one attached hydrogen (secondary N) is 1. The summed E-state index contributed by atoms with van der Waals surface area (Å²) in [7, 11) is 0. The number of allylic oxidation sites excluding steroid dienone is 2. The highest BCUT2D eigenvalue weighted by atomic mass is 15.1. The highest BCUT2D eigenvalue weighted by Gasteiger charge is 2.43. The summed E-state index contributed by atoms with van der Waals surface area (Å²) in [6, 6.07) is 53.7. The molecule has 3 atom stereocenters. The van der Waals surface area contributed by atoms with E-state index in [1.807, 2.05) is 6.07 Å². The van der Waals surface area contributed by atoms with Crippen molar-refractivity contribution in [1.82, 2.24) is 5.32 Å². The van der Waals surface area contributed by atoms with E-state index in [0.717, 1.165) is 22.7 Å². The second-order valence-electron chi connectivity index (χ2n) is 13.5. The fourth-order valence-electron chi connectivity index (χ4n) is 8.19. The predicted molar refractivity (Wildman–Crippen MR) is 203 cm³/mol. The van der Waals surface area contributed by atoms with Gasteiger partial charge < -0.3 is 5.32 Å². The van der Waals surface area contributed by atoms with Crippen LogP contribution in [0.1, 0.15) is 40.5 Å². The summed E-state index contributed by atoms with van der Waals surface area (Å²) in [5, 5.41) is 3.64. The van der Waals surface area contributed by atoms with Gasteiger partial charge in [-0.1, -0.05) is 170 Å². The van der Waals surface area contributed by atoms with Crippen molar-refractivity contribution < 1.29 is 0 Å². The van der Waals surface area contributed by atoms with Gasteiger partial charge in [-0.25, -0.2) is 4.99 Å². The molecule has 0 spiro atoms. The Hall–Kier alpha value is -5.99. The molecule has 0 amide bonds.